The second kappa shape index (κ2) is 5.10. The number of carbonyl (C=O) groups is 1. The summed E-state index contributed by atoms with van der Waals surface area (Å²) in [5.41, 5.74) is 0. The van der Waals surface area contributed by atoms with Gasteiger partial charge in [0.15, 0.2) is 0 Å². The van der Waals surface area contributed by atoms with Crippen molar-refractivity contribution in [1.82, 2.24) is 10.2 Å². The molecule has 0 spiro atoms. The normalized spacial score (nSPS) is 22.9. The van der Waals surface area contributed by atoms with Gasteiger partial charge in [-0.05, 0) is 25.7 Å². The van der Waals surface area contributed by atoms with Gasteiger partial charge in [0.1, 0.15) is 0 Å². The first-order valence-corrected chi connectivity index (χ1v) is 5.30. The highest BCUT2D eigenvalue weighted by molar-refractivity contribution is 5.74. The lowest BCUT2D eigenvalue weighted by molar-refractivity contribution is 0.164. The second-order valence-electron chi connectivity index (χ2n) is 3.70. The zero-order valence-electron chi connectivity index (χ0n) is 8.68. The molecule has 0 aromatic heterocycles. The molecule has 76 valence electrons. The topological polar surface area (TPSA) is 32.3 Å². The Morgan fingerprint density at radius 2 is 2.31 bits per heavy atom. The summed E-state index contributed by atoms with van der Waals surface area (Å²) in [6, 6.07) is 0.112. The number of likely N-dealkylation sites (tertiary alicyclic amines) is 1. The third kappa shape index (κ3) is 2.90. The number of carbonyl (C=O) groups excluding carboxylic acids is 1. The number of urea groups is 1. The maximum Gasteiger partial charge on any atom is 0.317 e. The molecular formula is C10H20N2O. The smallest absolute Gasteiger partial charge is 0.317 e. The average Bonchev–Trinajstić information content (AvgIpc) is 2.18. The SMILES string of the molecule is CCNC(=O)N1CCC[C@@H](CC)C1. The molecule has 3 nitrogen and oxygen atoms in total. The van der Waals surface area contributed by atoms with Crippen LogP contribution in [0.1, 0.15) is 33.1 Å². The van der Waals surface area contributed by atoms with Gasteiger partial charge in [-0.25, -0.2) is 4.79 Å². The molecule has 0 unspecified atom stereocenters. The van der Waals surface area contributed by atoms with Gasteiger partial charge in [-0.2, -0.15) is 0 Å². The molecule has 2 amide bonds. The fraction of sp³-hybridized carbons (Fsp3) is 0.900. The predicted molar refractivity (Wildman–Crippen MR) is 53.7 cm³/mol. The molecule has 0 radical (unpaired) electrons. The Hall–Kier alpha value is -0.730. The number of piperidine rings is 1. The van der Waals surface area contributed by atoms with E-state index in [-0.39, 0.29) is 6.03 Å². The van der Waals surface area contributed by atoms with E-state index in [1.807, 2.05) is 11.8 Å². The summed E-state index contributed by atoms with van der Waals surface area (Å²) in [6.45, 7) is 6.77. The minimum Gasteiger partial charge on any atom is -0.338 e. The van der Waals surface area contributed by atoms with Crippen LogP contribution < -0.4 is 5.32 Å². The van der Waals surface area contributed by atoms with E-state index in [0.29, 0.717) is 0 Å². The molecule has 3 heteroatoms. The Morgan fingerprint density at radius 1 is 1.54 bits per heavy atom. The van der Waals surface area contributed by atoms with E-state index in [1.165, 1.54) is 12.8 Å². The van der Waals surface area contributed by atoms with E-state index in [2.05, 4.69) is 12.2 Å². The first-order valence-electron chi connectivity index (χ1n) is 5.30. The number of nitrogens with zero attached hydrogens (tertiary/aromatic N) is 1. The zero-order valence-corrected chi connectivity index (χ0v) is 8.68. The molecule has 0 aliphatic carbocycles. The van der Waals surface area contributed by atoms with Crippen LogP contribution in [0.25, 0.3) is 0 Å². The first-order chi connectivity index (χ1) is 6.27. The van der Waals surface area contributed by atoms with Crippen molar-refractivity contribution in [2.24, 2.45) is 5.92 Å². The molecule has 1 atom stereocenters. The van der Waals surface area contributed by atoms with Crippen LogP contribution in [0, 0.1) is 5.92 Å². The van der Waals surface area contributed by atoms with Crippen molar-refractivity contribution in [3.63, 3.8) is 0 Å². The molecule has 1 aliphatic heterocycles. The largest absolute Gasteiger partial charge is 0.338 e. The van der Waals surface area contributed by atoms with Gasteiger partial charge in [-0.3, -0.25) is 0 Å². The van der Waals surface area contributed by atoms with Crippen LogP contribution in [-0.2, 0) is 0 Å². The van der Waals surface area contributed by atoms with Gasteiger partial charge in [-0.15, -0.1) is 0 Å². The van der Waals surface area contributed by atoms with Crippen LogP contribution in [0.4, 0.5) is 4.79 Å². The molecule has 1 saturated heterocycles. The van der Waals surface area contributed by atoms with Crippen LogP contribution in [-0.4, -0.2) is 30.6 Å². The fourth-order valence-corrected chi connectivity index (χ4v) is 1.85. The van der Waals surface area contributed by atoms with Crippen LogP contribution in [0.2, 0.25) is 0 Å². The molecule has 1 heterocycles. The van der Waals surface area contributed by atoms with Gasteiger partial charge < -0.3 is 10.2 Å². The Bertz CT molecular complexity index is 170. The van der Waals surface area contributed by atoms with Crippen molar-refractivity contribution >= 4 is 6.03 Å². The van der Waals surface area contributed by atoms with Crippen LogP contribution in [0.5, 0.6) is 0 Å². The fourth-order valence-electron chi connectivity index (χ4n) is 1.85. The average molecular weight is 184 g/mol. The van der Waals surface area contributed by atoms with E-state index < -0.39 is 0 Å². The van der Waals surface area contributed by atoms with Gasteiger partial charge >= 0.3 is 6.03 Å². The maximum absolute atomic E-state index is 11.5. The number of nitrogens with one attached hydrogen (secondary N) is 1. The minimum atomic E-state index is 0.112. The lowest BCUT2D eigenvalue weighted by Crippen LogP contribution is -2.45. The van der Waals surface area contributed by atoms with Crippen molar-refractivity contribution in [2.75, 3.05) is 19.6 Å². The van der Waals surface area contributed by atoms with Crippen molar-refractivity contribution in [1.29, 1.82) is 0 Å². The molecular weight excluding hydrogens is 164 g/mol. The Kier molecular flexibility index (Phi) is 4.06. The summed E-state index contributed by atoms with van der Waals surface area (Å²) in [6.07, 6.45) is 3.64. The van der Waals surface area contributed by atoms with Crippen LogP contribution in [0.3, 0.4) is 0 Å². The summed E-state index contributed by atoms with van der Waals surface area (Å²) in [7, 11) is 0. The van der Waals surface area contributed by atoms with Crippen molar-refractivity contribution in [3.8, 4) is 0 Å². The van der Waals surface area contributed by atoms with Crippen molar-refractivity contribution in [2.45, 2.75) is 33.1 Å². The molecule has 0 aromatic carbocycles. The van der Waals surface area contributed by atoms with Gasteiger partial charge in [0.25, 0.3) is 0 Å². The van der Waals surface area contributed by atoms with Crippen LogP contribution in [0.15, 0.2) is 0 Å². The van der Waals surface area contributed by atoms with Gasteiger partial charge in [0, 0.05) is 19.6 Å². The summed E-state index contributed by atoms with van der Waals surface area (Å²) in [4.78, 5) is 13.4. The maximum atomic E-state index is 11.5. The number of amides is 2. The van der Waals surface area contributed by atoms with Crippen LogP contribution >= 0.6 is 0 Å². The first kappa shape index (κ1) is 10.4. The Morgan fingerprint density at radius 3 is 2.92 bits per heavy atom. The highest BCUT2D eigenvalue weighted by Crippen LogP contribution is 2.18. The molecule has 1 rings (SSSR count). The molecule has 0 bridgehead atoms. The van der Waals surface area contributed by atoms with E-state index in [1.54, 1.807) is 0 Å². The van der Waals surface area contributed by atoms with Crippen molar-refractivity contribution in [3.05, 3.63) is 0 Å². The number of hydrogen-bond acceptors (Lipinski definition) is 1. The molecule has 1 aliphatic rings. The van der Waals surface area contributed by atoms with E-state index in [4.69, 9.17) is 0 Å². The number of hydrogen-bond donors (Lipinski definition) is 1. The summed E-state index contributed by atoms with van der Waals surface area (Å²) >= 11 is 0. The predicted octanol–water partition coefficient (Wildman–Crippen LogP) is 1.84. The monoisotopic (exact) mass is 184 g/mol. The third-order valence-electron chi connectivity index (χ3n) is 2.71. The molecule has 1 fully saturated rings. The van der Waals surface area contributed by atoms with E-state index in [9.17, 15) is 4.79 Å². The summed E-state index contributed by atoms with van der Waals surface area (Å²) < 4.78 is 0. The summed E-state index contributed by atoms with van der Waals surface area (Å²) in [5, 5.41) is 2.85. The van der Waals surface area contributed by atoms with Gasteiger partial charge in [0.05, 0.1) is 0 Å². The molecule has 1 N–H and O–H groups in total. The summed E-state index contributed by atoms with van der Waals surface area (Å²) in [5.74, 6) is 0.719. The Balaban J connectivity index is 2.37. The lowest BCUT2D eigenvalue weighted by atomic mass is 9.96. The lowest BCUT2D eigenvalue weighted by Gasteiger charge is -2.32. The minimum absolute atomic E-state index is 0.112. The van der Waals surface area contributed by atoms with Gasteiger partial charge in [-0.1, -0.05) is 13.3 Å². The zero-order chi connectivity index (χ0) is 9.68. The van der Waals surface area contributed by atoms with E-state index >= 15 is 0 Å². The molecule has 0 saturated carbocycles. The molecule has 13 heavy (non-hydrogen) atoms. The van der Waals surface area contributed by atoms with E-state index in [0.717, 1.165) is 32.0 Å². The van der Waals surface area contributed by atoms with Crippen molar-refractivity contribution < 1.29 is 4.79 Å². The highest BCUT2D eigenvalue weighted by Gasteiger charge is 2.21. The highest BCUT2D eigenvalue weighted by atomic mass is 16.2. The second-order valence-corrected chi connectivity index (χ2v) is 3.70. The standard InChI is InChI=1S/C10H20N2O/c1-3-9-6-5-7-12(8-9)10(13)11-4-2/h9H,3-8H2,1-2H3,(H,11,13)/t9-/m1/s1. The van der Waals surface area contributed by atoms with Gasteiger partial charge in [0.2, 0.25) is 0 Å². The molecule has 0 aromatic rings. The Labute approximate surface area is 80.5 Å². The third-order valence-corrected chi connectivity index (χ3v) is 2.71. The number of rotatable bonds is 2. The quantitative estimate of drug-likeness (QED) is 0.697.